The second-order valence-corrected chi connectivity index (χ2v) is 7.47. The van der Waals surface area contributed by atoms with Gasteiger partial charge >= 0.3 is 0 Å². The molecule has 0 saturated carbocycles. The van der Waals surface area contributed by atoms with Gasteiger partial charge in [-0.2, -0.15) is 5.10 Å². The predicted octanol–water partition coefficient (Wildman–Crippen LogP) is 6.09. The number of nitrogens with one attached hydrogen (secondary N) is 1. The Hall–Kier alpha value is -2.70. The Bertz CT molecular complexity index is 792. The summed E-state index contributed by atoms with van der Waals surface area (Å²) in [7, 11) is 0. The van der Waals surface area contributed by atoms with E-state index in [1.54, 1.807) is 6.08 Å². The van der Waals surface area contributed by atoms with Crippen LogP contribution >= 0.6 is 0 Å². The number of hydrazone groups is 1. The van der Waals surface area contributed by atoms with Gasteiger partial charge in [-0.05, 0) is 30.4 Å². The highest BCUT2D eigenvalue weighted by Gasteiger charge is 2.19. The number of benzene rings is 1. The molecule has 35 heavy (non-hydrogen) atoms. The number of carbonyl (C=O) groups excluding carboxylic acids is 1. The molecule has 0 aromatic heterocycles. The number of allylic oxidation sites excluding steroid dienone is 4. The Morgan fingerprint density at radius 1 is 1.03 bits per heavy atom. The van der Waals surface area contributed by atoms with Gasteiger partial charge in [0.1, 0.15) is 5.76 Å². The molecule has 0 spiro atoms. The van der Waals surface area contributed by atoms with Crippen LogP contribution in [0.1, 0.15) is 66.4 Å². The maximum absolute atomic E-state index is 12.2. The summed E-state index contributed by atoms with van der Waals surface area (Å²) < 4.78 is 0. The summed E-state index contributed by atoms with van der Waals surface area (Å²) in [6.45, 7) is 20.6. The number of hydrogen-bond donors (Lipinski definition) is 2. The number of aliphatic hydroxyl groups excluding tert-OH is 1. The quantitative estimate of drug-likeness (QED) is 0.266. The van der Waals surface area contributed by atoms with Crippen molar-refractivity contribution < 1.29 is 9.90 Å². The largest absolute Gasteiger partial charge is 0.507 e. The minimum atomic E-state index is -0.135. The van der Waals surface area contributed by atoms with E-state index in [1.165, 1.54) is 11.8 Å². The molecule has 0 atom stereocenters. The van der Waals surface area contributed by atoms with Crippen LogP contribution in [0, 0.1) is 0 Å². The zero-order valence-corrected chi connectivity index (χ0v) is 22.9. The third kappa shape index (κ3) is 12.5. The molecule has 1 saturated heterocycles. The minimum absolute atomic E-state index is 0.135. The average molecular weight is 485 g/mol. The highest BCUT2D eigenvalue weighted by Crippen LogP contribution is 2.24. The molecular formula is C29H48N4O2. The minimum Gasteiger partial charge on any atom is -0.507 e. The maximum atomic E-state index is 12.2. The highest BCUT2D eigenvalue weighted by molar-refractivity contribution is 5.86. The normalized spacial score (nSPS) is 16.0. The number of aliphatic hydroxyl groups is 1. The summed E-state index contributed by atoms with van der Waals surface area (Å²) in [6, 6.07) is 10.5. The highest BCUT2D eigenvalue weighted by atomic mass is 16.3. The Morgan fingerprint density at radius 2 is 1.63 bits per heavy atom. The van der Waals surface area contributed by atoms with E-state index in [0.717, 1.165) is 51.1 Å². The third-order valence-electron chi connectivity index (χ3n) is 5.28. The standard InChI is InChI=1S/C23H30N4O2.3C2H6/c1-2-7-20-10-6-11-21(23(20)29)16-24-25-22(28)18-27-14-12-26(13-15-27)17-19-8-4-3-5-9-19;3*1-2/h2-5,8-9,11,16,29H,1,6-7,10,12-15,17-18H2,(H,25,28);3*1-2H3/b24-16+;;;. The Balaban J connectivity index is 0.00000179. The second kappa shape index (κ2) is 20.7. The first kappa shape index (κ1) is 32.3. The van der Waals surface area contributed by atoms with Crippen LogP contribution in [0.15, 0.2) is 71.1 Å². The molecule has 196 valence electrons. The van der Waals surface area contributed by atoms with Gasteiger partial charge in [0, 0.05) is 38.3 Å². The summed E-state index contributed by atoms with van der Waals surface area (Å²) in [5, 5.41) is 14.3. The second-order valence-electron chi connectivity index (χ2n) is 7.47. The van der Waals surface area contributed by atoms with Gasteiger partial charge in [0.05, 0.1) is 12.8 Å². The van der Waals surface area contributed by atoms with Gasteiger partial charge < -0.3 is 5.11 Å². The first-order valence-corrected chi connectivity index (χ1v) is 13.2. The van der Waals surface area contributed by atoms with E-state index in [2.05, 4.69) is 51.2 Å². The number of amides is 1. The van der Waals surface area contributed by atoms with Crippen LogP contribution in [0.4, 0.5) is 0 Å². The van der Waals surface area contributed by atoms with Crippen LogP contribution in [0.25, 0.3) is 0 Å². The lowest BCUT2D eigenvalue weighted by Gasteiger charge is -2.34. The molecule has 0 radical (unpaired) electrons. The molecule has 1 aromatic rings. The van der Waals surface area contributed by atoms with Crippen LogP contribution in [-0.2, 0) is 11.3 Å². The molecule has 6 heteroatoms. The van der Waals surface area contributed by atoms with E-state index in [-0.39, 0.29) is 11.7 Å². The van der Waals surface area contributed by atoms with Gasteiger partial charge in [-0.1, -0.05) is 84.0 Å². The molecule has 3 rings (SSSR count). The van der Waals surface area contributed by atoms with E-state index >= 15 is 0 Å². The fourth-order valence-corrected chi connectivity index (χ4v) is 3.67. The van der Waals surface area contributed by atoms with Crippen LogP contribution in [0.3, 0.4) is 0 Å². The number of carbonyl (C=O) groups is 1. The van der Waals surface area contributed by atoms with Crippen molar-refractivity contribution in [3.63, 3.8) is 0 Å². The topological polar surface area (TPSA) is 68.2 Å². The van der Waals surface area contributed by atoms with Gasteiger partial charge in [-0.15, -0.1) is 6.58 Å². The van der Waals surface area contributed by atoms with Gasteiger partial charge in [-0.3, -0.25) is 14.6 Å². The van der Waals surface area contributed by atoms with E-state index in [1.807, 2.05) is 53.7 Å². The molecule has 1 heterocycles. The number of hydrogen-bond acceptors (Lipinski definition) is 5. The number of nitrogens with zero attached hydrogens (tertiary/aromatic N) is 3. The fraction of sp³-hybridized carbons (Fsp3) is 0.517. The third-order valence-corrected chi connectivity index (χ3v) is 5.28. The molecule has 1 amide bonds. The Morgan fingerprint density at radius 3 is 2.23 bits per heavy atom. The Kier molecular flexibility index (Phi) is 19.1. The summed E-state index contributed by atoms with van der Waals surface area (Å²) >= 11 is 0. The zero-order chi connectivity index (χ0) is 26.5. The van der Waals surface area contributed by atoms with Crippen molar-refractivity contribution in [3.8, 4) is 0 Å². The van der Waals surface area contributed by atoms with E-state index in [4.69, 9.17) is 0 Å². The summed E-state index contributed by atoms with van der Waals surface area (Å²) in [4.78, 5) is 16.7. The van der Waals surface area contributed by atoms with Crippen molar-refractivity contribution in [2.45, 2.75) is 67.3 Å². The molecular weight excluding hydrogens is 436 g/mol. The number of rotatable bonds is 8. The molecule has 0 bridgehead atoms. The first-order valence-electron chi connectivity index (χ1n) is 13.2. The molecule has 1 fully saturated rings. The molecule has 2 aliphatic rings. The zero-order valence-electron chi connectivity index (χ0n) is 22.9. The number of piperazine rings is 1. The average Bonchev–Trinajstić information content (AvgIpc) is 2.91. The lowest BCUT2D eigenvalue weighted by atomic mass is 9.96. The van der Waals surface area contributed by atoms with Crippen LogP contribution in [-0.4, -0.2) is 59.8 Å². The van der Waals surface area contributed by atoms with Crippen LogP contribution < -0.4 is 5.43 Å². The van der Waals surface area contributed by atoms with Crippen LogP contribution in [0.5, 0.6) is 0 Å². The molecule has 6 nitrogen and oxygen atoms in total. The summed E-state index contributed by atoms with van der Waals surface area (Å²) in [6.07, 6.45) is 7.59. The van der Waals surface area contributed by atoms with Gasteiger partial charge in [-0.25, -0.2) is 5.43 Å². The van der Waals surface area contributed by atoms with Crippen LogP contribution in [0.2, 0.25) is 0 Å². The monoisotopic (exact) mass is 484 g/mol. The maximum Gasteiger partial charge on any atom is 0.254 e. The summed E-state index contributed by atoms with van der Waals surface area (Å²) in [5.41, 5.74) is 5.51. The fourth-order valence-electron chi connectivity index (χ4n) is 3.67. The lowest BCUT2D eigenvalue weighted by molar-refractivity contribution is -0.122. The van der Waals surface area contributed by atoms with Crippen molar-refractivity contribution in [2.24, 2.45) is 5.10 Å². The van der Waals surface area contributed by atoms with Gasteiger partial charge in [0.2, 0.25) is 0 Å². The lowest BCUT2D eigenvalue weighted by Crippen LogP contribution is -2.48. The predicted molar refractivity (Wildman–Crippen MR) is 151 cm³/mol. The molecule has 0 unspecified atom stereocenters. The van der Waals surface area contributed by atoms with Crippen molar-refractivity contribution >= 4 is 12.1 Å². The van der Waals surface area contributed by atoms with Crippen molar-refractivity contribution in [1.29, 1.82) is 0 Å². The molecule has 2 N–H and O–H groups in total. The van der Waals surface area contributed by atoms with Crippen molar-refractivity contribution in [3.05, 3.63) is 71.5 Å². The molecule has 1 aromatic carbocycles. The van der Waals surface area contributed by atoms with Gasteiger partial charge in [0.25, 0.3) is 5.91 Å². The molecule has 1 aliphatic carbocycles. The van der Waals surface area contributed by atoms with Crippen molar-refractivity contribution in [2.75, 3.05) is 32.7 Å². The SMILES string of the molecule is C=CCC1=C(O)C(/C=N/NC(=O)CN2CCN(Cc3ccccc3)CC2)=CCC1.CC.CC.CC. The van der Waals surface area contributed by atoms with Gasteiger partial charge in [0.15, 0.2) is 0 Å². The summed E-state index contributed by atoms with van der Waals surface area (Å²) in [5.74, 6) is 0.118. The smallest absolute Gasteiger partial charge is 0.254 e. The first-order chi connectivity index (χ1) is 17.2. The van der Waals surface area contributed by atoms with Crippen molar-refractivity contribution in [1.82, 2.24) is 15.2 Å². The Labute approximate surface area is 214 Å². The van der Waals surface area contributed by atoms with E-state index < -0.39 is 0 Å². The molecule has 1 aliphatic heterocycles. The van der Waals surface area contributed by atoms with E-state index in [9.17, 15) is 9.90 Å². The van der Waals surface area contributed by atoms with E-state index in [0.29, 0.717) is 18.5 Å².